The Kier molecular flexibility index (Phi) is 21.6. The minimum atomic E-state index is -2.54. The molecule has 9 heteroatoms. The van der Waals surface area contributed by atoms with Crippen molar-refractivity contribution in [3.05, 3.63) is 0 Å². The van der Waals surface area contributed by atoms with Gasteiger partial charge in [0.1, 0.15) is 0 Å². The number of rotatable bonds is 25. The van der Waals surface area contributed by atoms with Gasteiger partial charge in [-0.15, -0.1) is 0 Å². The molecule has 35 heavy (non-hydrogen) atoms. The van der Waals surface area contributed by atoms with Gasteiger partial charge in [0.05, 0.1) is 26.1 Å². The van der Waals surface area contributed by atoms with Crippen LogP contribution in [0.5, 0.6) is 0 Å². The van der Waals surface area contributed by atoms with Gasteiger partial charge in [0.15, 0.2) is 5.60 Å². The fourth-order valence-electron chi connectivity index (χ4n) is 3.71. The topological polar surface area (TPSA) is 151 Å². The molecular formula is C26H48O9. The molecule has 9 nitrogen and oxygen atoms in total. The predicted molar refractivity (Wildman–Crippen MR) is 132 cm³/mol. The Morgan fingerprint density at radius 1 is 0.514 bits per heavy atom. The highest BCUT2D eigenvalue weighted by molar-refractivity contribution is 5.88. The van der Waals surface area contributed by atoms with Crippen LogP contribution in [0.25, 0.3) is 0 Å². The molecule has 0 amide bonds. The Morgan fingerprint density at radius 3 is 1.09 bits per heavy atom. The van der Waals surface area contributed by atoms with E-state index in [1.54, 1.807) is 0 Å². The van der Waals surface area contributed by atoms with Crippen LogP contribution in [0.15, 0.2) is 0 Å². The van der Waals surface area contributed by atoms with Crippen LogP contribution in [0.3, 0.4) is 0 Å². The normalized spacial score (nSPS) is 11.4. The molecule has 0 aliphatic heterocycles. The summed E-state index contributed by atoms with van der Waals surface area (Å²) in [5.74, 6) is -3.37. The van der Waals surface area contributed by atoms with Gasteiger partial charge in [-0.3, -0.25) is 9.59 Å². The van der Waals surface area contributed by atoms with Crippen molar-refractivity contribution in [1.29, 1.82) is 0 Å². The summed E-state index contributed by atoms with van der Waals surface area (Å²) in [4.78, 5) is 35.5. The monoisotopic (exact) mass is 504 g/mol. The highest BCUT2D eigenvalue weighted by atomic mass is 16.5. The molecule has 0 spiro atoms. The fraction of sp³-hybridized carbons (Fsp3) is 0.885. The average molecular weight is 505 g/mol. The first-order chi connectivity index (χ1) is 16.9. The number of esters is 2. The standard InChI is InChI=1S/C26H48O9/c27-17-13-9-5-1-3-7-11-15-19-34-23(29)21-26(33,25(31)32)22-24(30)35-20-16-12-8-4-2-6-10-14-18-28/h27-28,33H,1-22H2,(H,31,32). The first-order valence-corrected chi connectivity index (χ1v) is 13.3. The second-order valence-electron chi connectivity index (χ2n) is 9.24. The molecule has 0 saturated heterocycles. The van der Waals surface area contributed by atoms with E-state index in [1.807, 2.05) is 0 Å². The van der Waals surface area contributed by atoms with E-state index in [1.165, 1.54) is 0 Å². The van der Waals surface area contributed by atoms with Gasteiger partial charge in [-0.2, -0.15) is 0 Å². The zero-order valence-electron chi connectivity index (χ0n) is 21.4. The molecule has 0 aliphatic carbocycles. The average Bonchev–Trinajstić information content (AvgIpc) is 2.81. The summed E-state index contributed by atoms with van der Waals surface area (Å²) in [6.07, 6.45) is 13.7. The van der Waals surface area contributed by atoms with E-state index in [9.17, 15) is 24.6 Å². The zero-order valence-corrected chi connectivity index (χ0v) is 21.4. The number of carbonyl (C=O) groups excluding carboxylic acids is 2. The molecule has 0 aromatic heterocycles. The summed E-state index contributed by atoms with van der Waals surface area (Å²) in [6.45, 7) is 0.755. The summed E-state index contributed by atoms with van der Waals surface area (Å²) < 4.78 is 10.1. The van der Waals surface area contributed by atoms with E-state index in [2.05, 4.69) is 0 Å². The van der Waals surface area contributed by atoms with Crippen molar-refractivity contribution in [2.45, 2.75) is 121 Å². The van der Waals surface area contributed by atoms with Crippen LogP contribution in [0.1, 0.15) is 116 Å². The maximum absolute atomic E-state index is 12.0. The minimum Gasteiger partial charge on any atom is -0.479 e. The Hall–Kier alpha value is -1.71. The number of unbranched alkanes of at least 4 members (excludes halogenated alkanes) is 14. The molecule has 0 aromatic carbocycles. The van der Waals surface area contributed by atoms with Gasteiger partial charge in [-0.05, 0) is 25.7 Å². The van der Waals surface area contributed by atoms with Crippen molar-refractivity contribution in [2.24, 2.45) is 0 Å². The molecule has 0 heterocycles. The molecule has 0 radical (unpaired) electrons. The van der Waals surface area contributed by atoms with E-state index in [0.29, 0.717) is 12.8 Å². The highest BCUT2D eigenvalue weighted by Crippen LogP contribution is 2.19. The number of carboxylic acids is 1. The van der Waals surface area contributed by atoms with E-state index in [4.69, 9.17) is 19.7 Å². The largest absolute Gasteiger partial charge is 0.479 e. The molecule has 0 unspecified atom stereocenters. The van der Waals surface area contributed by atoms with Gasteiger partial charge in [0.25, 0.3) is 0 Å². The van der Waals surface area contributed by atoms with Gasteiger partial charge in [0, 0.05) is 13.2 Å². The van der Waals surface area contributed by atoms with Crippen molar-refractivity contribution in [3.8, 4) is 0 Å². The summed E-state index contributed by atoms with van der Waals surface area (Å²) >= 11 is 0. The molecule has 206 valence electrons. The number of hydrogen-bond acceptors (Lipinski definition) is 8. The maximum Gasteiger partial charge on any atom is 0.336 e. The van der Waals surface area contributed by atoms with E-state index >= 15 is 0 Å². The fourth-order valence-corrected chi connectivity index (χ4v) is 3.71. The lowest BCUT2D eigenvalue weighted by atomic mass is 9.96. The lowest BCUT2D eigenvalue weighted by molar-refractivity contribution is -0.173. The molecule has 0 aliphatic rings. The van der Waals surface area contributed by atoms with Crippen LogP contribution in [-0.2, 0) is 23.9 Å². The number of carbonyl (C=O) groups is 3. The Morgan fingerprint density at radius 2 is 0.800 bits per heavy atom. The molecule has 0 rings (SSSR count). The van der Waals surface area contributed by atoms with Crippen molar-refractivity contribution in [1.82, 2.24) is 0 Å². The van der Waals surface area contributed by atoms with Crippen LogP contribution >= 0.6 is 0 Å². The molecule has 0 bridgehead atoms. The first-order valence-electron chi connectivity index (χ1n) is 13.3. The zero-order chi connectivity index (χ0) is 26.2. The second-order valence-corrected chi connectivity index (χ2v) is 9.24. The first kappa shape index (κ1) is 33.3. The van der Waals surface area contributed by atoms with Crippen molar-refractivity contribution >= 4 is 17.9 Å². The van der Waals surface area contributed by atoms with Crippen LogP contribution in [0.2, 0.25) is 0 Å². The van der Waals surface area contributed by atoms with Crippen LogP contribution in [0.4, 0.5) is 0 Å². The second kappa shape index (κ2) is 22.7. The smallest absolute Gasteiger partial charge is 0.336 e. The van der Waals surface area contributed by atoms with Gasteiger partial charge < -0.3 is 29.9 Å². The third kappa shape index (κ3) is 20.2. The van der Waals surface area contributed by atoms with E-state index in [-0.39, 0.29) is 26.4 Å². The lowest BCUT2D eigenvalue weighted by Gasteiger charge is -2.21. The van der Waals surface area contributed by atoms with Crippen molar-refractivity contribution in [2.75, 3.05) is 26.4 Å². The van der Waals surface area contributed by atoms with Gasteiger partial charge >= 0.3 is 17.9 Å². The quantitative estimate of drug-likeness (QED) is 0.107. The SMILES string of the molecule is O=C(CC(O)(CC(=O)OCCCCCCCCCCO)C(=O)O)OCCCCCCCCCCO. The molecular weight excluding hydrogens is 456 g/mol. The maximum atomic E-state index is 12.0. The number of ether oxygens (including phenoxy) is 2. The predicted octanol–water partition coefficient (Wildman–Crippen LogP) is 3.89. The summed E-state index contributed by atoms with van der Waals surface area (Å²) in [6, 6.07) is 0. The number of aliphatic carboxylic acids is 1. The summed E-state index contributed by atoms with van der Waals surface area (Å²) in [5.41, 5.74) is -2.54. The minimum absolute atomic E-state index is 0.144. The van der Waals surface area contributed by atoms with Gasteiger partial charge in [0.2, 0.25) is 0 Å². The van der Waals surface area contributed by atoms with Crippen LogP contribution < -0.4 is 0 Å². The highest BCUT2D eigenvalue weighted by Gasteiger charge is 2.42. The number of hydrogen-bond donors (Lipinski definition) is 4. The third-order valence-corrected chi connectivity index (χ3v) is 5.90. The molecule has 0 atom stereocenters. The van der Waals surface area contributed by atoms with Gasteiger partial charge in [-0.25, -0.2) is 4.79 Å². The molecule has 0 fully saturated rings. The Bertz CT molecular complexity index is 513. The number of aliphatic hydroxyl groups excluding tert-OH is 2. The molecule has 0 aromatic rings. The Balaban J connectivity index is 3.95. The number of carboxylic acid groups (broad SMARTS) is 1. The Labute approximate surface area is 210 Å². The number of aliphatic hydroxyl groups is 3. The van der Waals surface area contributed by atoms with Crippen LogP contribution in [-0.4, -0.2) is 70.4 Å². The third-order valence-electron chi connectivity index (χ3n) is 5.90. The molecule has 4 N–H and O–H groups in total. The van der Waals surface area contributed by atoms with E-state index < -0.39 is 36.4 Å². The van der Waals surface area contributed by atoms with Crippen molar-refractivity contribution in [3.63, 3.8) is 0 Å². The lowest BCUT2D eigenvalue weighted by Crippen LogP contribution is -2.43. The van der Waals surface area contributed by atoms with Crippen molar-refractivity contribution < 1.29 is 44.3 Å². The molecule has 0 saturated carbocycles. The summed E-state index contributed by atoms with van der Waals surface area (Å²) in [7, 11) is 0. The van der Waals surface area contributed by atoms with Crippen LogP contribution in [0, 0.1) is 0 Å². The van der Waals surface area contributed by atoms with E-state index in [0.717, 1.165) is 89.9 Å². The summed E-state index contributed by atoms with van der Waals surface area (Å²) in [5, 5.41) is 37.1. The van der Waals surface area contributed by atoms with Gasteiger partial charge in [-0.1, -0.05) is 77.0 Å².